The Morgan fingerprint density at radius 3 is 1.52 bits per heavy atom. The summed E-state index contributed by atoms with van der Waals surface area (Å²) in [6, 6.07) is 5.04. The first kappa shape index (κ1) is 14.9. The van der Waals surface area contributed by atoms with E-state index in [1.54, 1.807) is 0 Å². The lowest BCUT2D eigenvalue weighted by atomic mass is 10.3. The molecule has 0 saturated heterocycles. The summed E-state index contributed by atoms with van der Waals surface area (Å²) in [6.45, 7) is 0. The zero-order valence-corrected chi connectivity index (χ0v) is 11.0. The van der Waals surface area contributed by atoms with E-state index < -0.39 is 45.0 Å². The van der Waals surface area contributed by atoms with E-state index in [0.29, 0.717) is 12.1 Å². The van der Waals surface area contributed by atoms with Crippen LogP contribution in [0.25, 0.3) is 0 Å². The van der Waals surface area contributed by atoms with Crippen LogP contribution in [0, 0.1) is 11.6 Å². The van der Waals surface area contributed by atoms with Crippen LogP contribution >= 0.6 is 0 Å². The number of hydrogen-bond donors (Lipinski definition) is 2. The molecule has 2 aromatic carbocycles. The highest BCUT2D eigenvalue weighted by Crippen LogP contribution is 2.25. The fourth-order valence-electron chi connectivity index (χ4n) is 1.33. The zero-order chi connectivity index (χ0) is 15.6. The summed E-state index contributed by atoms with van der Waals surface area (Å²) in [5.41, 5.74) is 0. The summed E-state index contributed by atoms with van der Waals surface area (Å²) in [5, 5.41) is 17.9. The van der Waals surface area contributed by atoms with Gasteiger partial charge in [-0.3, -0.25) is 0 Å². The topological polar surface area (TPSA) is 93.1 Å². The molecule has 0 amide bonds. The molecule has 2 aromatic rings. The molecule has 0 aliphatic carbocycles. The van der Waals surface area contributed by atoms with Gasteiger partial charge in [0.05, 0.1) is 0 Å². The van der Waals surface area contributed by atoms with Crippen LogP contribution < -0.4 is 8.37 Å². The quantitative estimate of drug-likeness (QED) is 0.896. The third kappa shape index (κ3) is 3.72. The molecule has 0 spiro atoms. The molecule has 2 rings (SSSR count). The van der Waals surface area contributed by atoms with Gasteiger partial charge >= 0.3 is 10.4 Å². The lowest BCUT2D eigenvalue weighted by Crippen LogP contribution is -2.16. The monoisotopic (exact) mass is 318 g/mol. The Balaban J connectivity index is 2.18. The van der Waals surface area contributed by atoms with Crippen molar-refractivity contribution >= 4 is 10.4 Å². The van der Waals surface area contributed by atoms with E-state index in [1.807, 2.05) is 0 Å². The summed E-state index contributed by atoms with van der Waals surface area (Å²) in [4.78, 5) is 0. The van der Waals surface area contributed by atoms with E-state index in [-0.39, 0.29) is 0 Å². The fourth-order valence-corrected chi connectivity index (χ4v) is 2.04. The van der Waals surface area contributed by atoms with Crippen molar-refractivity contribution in [2.45, 2.75) is 0 Å². The molecule has 0 radical (unpaired) electrons. The Bertz CT molecular complexity index is 716. The van der Waals surface area contributed by atoms with Gasteiger partial charge in [-0.05, 0) is 24.3 Å². The van der Waals surface area contributed by atoms with Gasteiger partial charge in [0.25, 0.3) is 0 Å². The van der Waals surface area contributed by atoms with Gasteiger partial charge in [-0.15, -0.1) is 8.42 Å². The molecule has 0 atom stereocenters. The smallest absolute Gasteiger partial charge is 0.500 e. The van der Waals surface area contributed by atoms with E-state index in [0.717, 1.165) is 24.3 Å². The molecule has 0 aliphatic rings. The van der Waals surface area contributed by atoms with Crippen molar-refractivity contribution < 1.29 is 35.8 Å². The van der Waals surface area contributed by atoms with E-state index in [2.05, 4.69) is 8.37 Å². The van der Waals surface area contributed by atoms with Gasteiger partial charge in [-0.2, -0.15) is 0 Å². The predicted molar refractivity (Wildman–Crippen MR) is 66.3 cm³/mol. The highest BCUT2D eigenvalue weighted by Gasteiger charge is 2.18. The zero-order valence-electron chi connectivity index (χ0n) is 10.2. The van der Waals surface area contributed by atoms with Gasteiger partial charge in [-0.1, -0.05) is 0 Å². The largest absolute Gasteiger partial charge is 0.505 e. The molecule has 0 unspecified atom stereocenters. The van der Waals surface area contributed by atoms with Gasteiger partial charge in [0, 0.05) is 12.1 Å². The lowest BCUT2D eigenvalue weighted by molar-refractivity contribution is 0.385. The highest BCUT2D eigenvalue weighted by molar-refractivity contribution is 7.82. The van der Waals surface area contributed by atoms with Crippen molar-refractivity contribution in [3.05, 3.63) is 48.0 Å². The predicted octanol–water partition coefficient (Wildman–Crippen LogP) is 2.08. The van der Waals surface area contributed by atoms with E-state index in [9.17, 15) is 17.2 Å². The van der Waals surface area contributed by atoms with Crippen molar-refractivity contribution in [1.29, 1.82) is 0 Å². The van der Waals surface area contributed by atoms with E-state index in [1.165, 1.54) is 0 Å². The normalized spacial score (nSPS) is 11.1. The number of aromatic hydroxyl groups is 2. The molecule has 0 aliphatic heterocycles. The summed E-state index contributed by atoms with van der Waals surface area (Å²) >= 11 is 0. The SMILES string of the molecule is O=S(=O)(Oc1ccc(O)c(F)c1)Oc1ccc(O)c(F)c1. The van der Waals surface area contributed by atoms with Crippen LogP contribution in [0.1, 0.15) is 0 Å². The van der Waals surface area contributed by atoms with Crippen LogP contribution in [-0.2, 0) is 10.4 Å². The second-order valence-corrected chi connectivity index (χ2v) is 4.95. The Labute approximate surface area is 118 Å². The van der Waals surface area contributed by atoms with Crippen LogP contribution in [0.5, 0.6) is 23.0 Å². The Morgan fingerprint density at radius 1 is 0.810 bits per heavy atom. The number of benzene rings is 2. The maximum absolute atomic E-state index is 13.0. The number of halogens is 2. The molecule has 0 saturated carbocycles. The third-order valence-electron chi connectivity index (χ3n) is 2.23. The molecule has 6 nitrogen and oxygen atoms in total. The molecular formula is C12H8F2O6S. The molecular weight excluding hydrogens is 310 g/mol. The van der Waals surface area contributed by atoms with Crippen molar-refractivity contribution in [1.82, 2.24) is 0 Å². The molecule has 21 heavy (non-hydrogen) atoms. The van der Waals surface area contributed by atoms with Gasteiger partial charge < -0.3 is 18.6 Å². The van der Waals surface area contributed by atoms with Crippen LogP contribution in [0.2, 0.25) is 0 Å². The van der Waals surface area contributed by atoms with Crippen molar-refractivity contribution in [3.8, 4) is 23.0 Å². The molecule has 0 fully saturated rings. The highest BCUT2D eigenvalue weighted by atomic mass is 32.3. The maximum Gasteiger partial charge on any atom is 0.500 e. The Morgan fingerprint density at radius 2 is 1.19 bits per heavy atom. The van der Waals surface area contributed by atoms with Crippen molar-refractivity contribution in [2.24, 2.45) is 0 Å². The molecule has 0 bridgehead atoms. The number of rotatable bonds is 4. The van der Waals surface area contributed by atoms with Crippen molar-refractivity contribution in [3.63, 3.8) is 0 Å². The summed E-state index contributed by atoms with van der Waals surface area (Å²) in [5.74, 6) is -4.41. The summed E-state index contributed by atoms with van der Waals surface area (Å²) in [7, 11) is -4.64. The Hall–Kier alpha value is -2.55. The Kier molecular flexibility index (Phi) is 3.85. The minimum Gasteiger partial charge on any atom is -0.505 e. The van der Waals surface area contributed by atoms with Gasteiger partial charge in [0.2, 0.25) is 0 Å². The molecule has 0 heterocycles. The summed E-state index contributed by atoms with van der Waals surface area (Å²) < 4.78 is 58.0. The average molecular weight is 318 g/mol. The average Bonchev–Trinajstić information content (AvgIpc) is 2.37. The van der Waals surface area contributed by atoms with Gasteiger partial charge in [0.15, 0.2) is 23.1 Å². The molecule has 9 heteroatoms. The van der Waals surface area contributed by atoms with Crippen LogP contribution in [-0.4, -0.2) is 18.6 Å². The third-order valence-corrected chi connectivity index (χ3v) is 3.03. The van der Waals surface area contributed by atoms with E-state index >= 15 is 0 Å². The number of phenolic OH excluding ortho intramolecular Hbond substituents is 2. The van der Waals surface area contributed by atoms with Gasteiger partial charge in [0.1, 0.15) is 11.5 Å². The molecule has 112 valence electrons. The lowest BCUT2D eigenvalue weighted by Gasteiger charge is -2.08. The molecule has 0 aromatic heterocycles. The van der Waals surface area contributed by atoms with Gasteiger partial charge in [-0.25, -0.2) is 8.78 Å². The number of phenols is 2. The second kappa shape index (κ2) is 5.44. The van der Waals surface area contributed by atoms with Crippen LogP contribution in [0.4, 0.5) is 8.78 Å². The van der Waals surface area contributed by atoms with E-state index in [4.69, 9.17) is 10.2 Å². The first-order chi connectivity index (χ1) is 9.77. The minimum atomic E-state index is -4.64. The maximum atomic E-state index is 13.0. The van der Waals surface area contributed by atoms with Crippen molar-refractivity contribution in [2.75, 3.05) is 0 Å². The molecule has 2 N–H and O–H groups in total. The fraction of sp³-hybridized carbons (Fsp3) is 0. The standard InChI is InChI=1S/C12H8F2O6S/c13-9-5-7(1-3-11(9)15)19-21(17,18)20-8-2-4-12(16)10(14)6-8/h1-6,15-16H. The first-order valence-electron chi connectivity index (χ1n) is 5.38. The van der Waals surface area contributed by atoms with Crippen LogP contribution in [0.15, 0.2) is 36.4 Å². The second-order valence-electron chi connectivity index (χ2n) is 3.80. The minimum absolute atomic E-state index is 0.440. The number of hydrogen-bond acceptors (Lipinski definition) is 6. The summed E-state index contributed by atoms with van der Waals surface area (Å²) in [6.07, 6.45) is 0. The first-order valence-corrected chi connectivity index (χ1v) is 6.71. The van der Waals surface area contributed by atoms with Crippen LogP contribution in [0.3, 0.4) is 0 Å².